The molecular weight excluding hydrogens is 1150 g/mol. The van der Waals surface area contributed by atoms with E-state index < -0.39 is 11.4 Å². The first-order valence-corrected chi connectivity index (χ1v) is 29.8. The average Bonchev–Trinajstić information content (AvgIpc) is 1.21. The Bertz CT molecular complexity index is 4420. The van der Waals surface area contributed by atoms with Gasteiger partial charge in [-0.15, -0.1) is 35.8 Å². The third-order valence-electron chi connectivity index (χ3n) is 15.2. The van der Waals surface area contributed by atoms with Crippen molar-refractivity contribution in [2.75, 3.05) is 27.4 Å². The molecule has 0 aliphatic rings. The summed E-state index contributed by atoms with van der Waals surface area (Å²) in [6.07, 6.45) is 1.79. The van der Waals surface area contributed by atoms with Crippen LogP contribution >= 0.6 is 11.3 Å². The third-order valence-corrected chi connectivity index (χ3v) is 16.1. The second-order valence-electron chi connectivity index (χ2n) is 23.9. The van der Waals surface area contributed by atoms with E-state index in [1.54, 1.807) is 6.92 Å². The van der Waals surface area contributed by atoms with Crippen molar-refractivity contribution in [2.24, 2.45) is 20.5 Å². The Balaban J connectivity index is 0.0000105. The Morgan fingerprint density at radius 3 is 1.56 bits per heavy atom. The first-order chi connectivity index (χ1) is 42.2. The molecule has 5 aromatic heterocycles. The van der Waals surface area contributed by atoms with Gasteiger partial charge in [0, 0.05) is 46.7 Å². The molecule has 460 valence electrons. The highest BCUT2D eigenvalue weighted by atomic mass is 32.1. The van der Waals surface area contributed by atoms with Crippen LogP contribution in [0.15, 0.2) is 81.3 Å². The van der Waals surface area contributed by atoms with Gasteiger partial charge in [0.05, 0.1) is 17.5 Å². The molecule has 9 rings (SSSR count). The standard InChI is InChI=1S/C67H71N19O2S.CH4/c1-34-21-38(5)53(39(6)22-34)72-61-49(31-69)47(14)57(63(75-61)74-55-42(9)25-36(3)26-43(55)10)77-78-60-48(30-68)33-85(83-60)65-80-81-66(89-65)86-64(50(32-70)59(82-86)67(15,16)17)79-76-56-44(11)29-51(71-62(56)73-54-40(7)23-35(2)24-41(54)8)84(20-18-19-52(87)88)58-45(12)27-37(4)28-46(58)13;/h21-29,33H,18-20H2,1-17H3,(H,71,73)(H,87,88)(H2,72,74,75);1H4. The summed E-state index contributed by atoms with van der Waals surface area (Å²) in [5.41, 5.74) is 17.8. The lowest BCUT2D eigenvalue weighted by atomic mass is 9.90. The number of hydrogen-bond acceptors (Lipinski definition) is 19. The van der Waals surface area contributed by atoms with Crippen molar-refractivity contribution >= 4 is 86.3 Å². The van der Waals surface area contributed by atoms with Gasteiger partial charge in [0.15, 0.2) is 23.3 Å². The molecule has 0 unspecified atom stereocenters. The van der Waals surface area contributed by atoms with Crippen LogP contribution in [-0.4, -0.2) is 57.3 Å². The van der Waals surface area contributed by atoms with Crippen molar-refractivity contribution in [3.8, 4) is 28.5 Å². The molecule has 0 saturated heterocycles. The SMILES string of the molecule is C.Cc1cc(C)c(Nc2nc(Nc3c(C)cc(C)cc3C)c(N=Nc3nn(-c4nnc(-n5nc(C(C)(C)C)c(C#N)c5N=Nc5c(C)cc(N(CCCC(=O)O)c6c(C)cc(C)cc6C)nc5Nc5c(C)cc(C)cc5C)s4)cc3C#N)c(C)c2C#N)c(C)c1. The van der Waals surface area contributed by atoms with Gasteiger partial charge in [0.25, 0.3) is 0 Å². The number of benzene rings is 4. The van der Waals surface area contributed by atoms with Crippen LogP contribution in [0.4, 0.5) is 69.0 Å². The summed E-state index contributed by atoms with van der Waals surface area (Å²) in [6.45, 7) is 34.2. The smallest absolute Gasteiger partial charge is 0.303 e. The fourth-order valence-electron chi connectivity index (χ4n) is 11.4. The number of azo groups is 2. The summed E-state index contributed by atoms with van der Waals surface area (Å²) in [7, 11) is 0. The lowest BCUT2D eigenvalue weighted by molar-refractivity contribution is -0.137. The fourth-order valence-corrected chi connectivity index (χ4v) is 12.1. The highest BCUT2D eigenvalue weighted by molar-refractivity contribution is 7.16. The van der Waals surface area contributed by atoms with Crippen LogP contribution in [0.3, 0.4) is 0 Å². The minimum atomic E-state index is -0.889. The summed E-state index contributed by atoms with van der Waals surface area (Å²) in [4.78, 5) is 24.2. The lowest BCUT2D eigenvalue weighted by Crippen LogP contribution is -2.23. The van der Waals surface area contributed by atoms with Crippen LogP contribution in [0.5, 0.6) is 0 Å². The molecule has 0 amide bonds. The summed E-state index contributed by atoms with van der Waals surface area (Å²) >= 11 is 1.07. The molecule has 5 heterocycles. The van der Waals surface area contributed by atoms with E-state index in [2.05, 4.69) is 113 Å². The van der Waals surface area contributed by atoms with E-state index in [-0.39, 0.29) is 58.1 Å². The second kappa shape index (κ2) is 26.5. The molecule has 0 fully saturated rings. The summed E-state index contributed by atoms with van der Waals surface area (Å²) in [5.74, 6) is 0.759. The van der Waals surface area contributed by atoms with E-state index in [0.29, 0.717) is 58.7 Å². The number of anilines is 8. The number of carboxylic acid groups (broad SMARTS) is 1. The monoisotopic (exact) mass is 1220 g/mol. The van der Waals surface area contributed by atoms with Crippen LogP contribution in [-0.2, 0) is 10.2 Å². The number of rotatable bonds is 18. The van der Waals surface area contributed by atoms with E-state index in [9.17, 15) is 25.7 Å². The summed E-state index contributed by atoms with van der Waals surface area (Å²) in [5, 5.41) is 90.5. The lowest BCUT2D eigenvalue weighted by Gasteiger charge is -2.29. The van der Waals surface area contributed by atoms with Gasteiger partial charge in [-0.2, -0.15) is 25.6 Å². The average molecular weight is 1220 g/mol. The Morgan fingerprint density at radius 1 is 0.589 bits per heavy atom. The highest BCUT2D eigenvalue weighted by Gasteiger charge is 2.31. The number of aryl methyl sites for hydroxylation is 13. The van der Waals surface area contributed by atoms with Crippen molar-refractivity contribution in [2.45, 2.75) is 143 Å². The zero-order valence-corrected chi connectivity index (χ0v) is 54.1. The van der Waals surface area contributed by atoms with Crippen LogP contribution in [0.1, 0.15) is 141 Å². The minimum absolute atomic E-state index is 0. The zero-order valence-electron chi connectivity index (χ0n) is 53.3. The van der Waals surface area contributed by atoms with Crippen molar-refractivity contribution in [1.29, 1.82) is 15.8 Å². The second-order valence-corrected chi connectivity index (χ2v) is 24.8. The maximum absolute atomic E-state index is 11.9. The number of carbonyl (C=O) groups is 1. The number of hydrogen-bond donors (Lipinski definition) is 4. The molecule has 0 spiro atoms. The number of carboxylic acids is 1. The molecule has 22 heteroatoms. The Kier molecular flexibility index (Phi) is 19.2. The van der Waals surface area contributed by atoms with Gasteiger partial charge in [-0.1, -0.05) is 110 Å². The van der Waals surface area contributed by atoms with E-state index in [1.165, 1.54) is 15.6 Å². The Hall–Kier alpha value is -10.5. The Morgan fingerprint density at radius 2 is 1.07 bits per heavy atom. The normalized spacial score (nSPS) is 11.4. The molecule has 9 aromatic rings. The van der Waals surface area contributed by atoms with Gasteiger partial charge in [0.2, 0.25) is 16.1 Å². The molecule has 21 nitrogen and oxygen atoms in total. The zero-order chi connectivity index (χ0) is 64.5. The van der Waals surface area contributed by atoms with E-state index in [0.717, 1.165) is 101 Å². The Labute approximate surface area is 530 Å². The van der Waals surface area contributed by atoms with E-state index in [1.807, 2.05) is 117 Å². The predicted molar refractivity (Wildman–Crippen MR) is 356 cm³/mol. The van der Waals surface area contributed by atoms with E-state index in [4.69, 9.17) is 25.3 Å². The minimum Gasteiger partial charge on any atom is -0.481 e. The van der Waals surface area contributed by atoms with Crippen molar-refractivity contribution in [3.63, 3.8) is 0 Å². The first-order valence-electron chi connectivity index (χ1n) is 29.0. The van der Waals surface area contributed by atoms with Gasteiger partial charge in [-0.05, 0) is 159 Å². The molecular formula is C68H75N19O2S. The summed E-state index contributed by atoms with van der Waals surface area (Å²) in [6, 6.07) is 25.4. The molecule has 4 N–H and O–H groups in total. The van der Waals surface area contributed by atoms with Crippen molar-refractivity contribution < 1.29 is 9.90 Å². The number of pyridine rings is 2. The quantitative estimate of drug-likeness (QED) is 0.0581. The van der Waals surface area contributed by atoms with Gasteiger partial charge < -0.3 is 26.0 Å². The van der Waals surface area contributed by atoms with Crippen LogP contribution < -0.4 is 20.9 Å². The maximum Gasteiger partial charge on any atom is 0.303 e. The van der Waals surface area contributed by atoms with E-state index >= 15 is 0 Å². The number of nitriles is 3. The van der Waals surface area contributed by atoms with Crippen LogP contribution in [0, 0.1) is 131 Å². The van der Waals surface area contributed by atoms with Crippen LogP contribution in [0.2, 0.25) is 0 Å². The van der Waals surface area contributed by atoms with Gasteiger partial charge >= 0.3 is 5.97 Å². The maximum atomic E-state index is 11.9. The summed E-state index contributed by atoms with van der Waals surface area (Å²) < 4.78 is 2.80. The fraction of sp³-hybridized carbons (Fsp3) is 0.324. The third kappa shape index (κ3) is 13.6. The molecule has 4 aromatic carbocycles. The number of nitrogens with one attached hydrogen (secondary N) is 3. The molecule has 0 radical (unpaired) electrons. The van der Waals surface area contributed by atoms with Gasteiger partial charge in [-0.25, -0.2) is 14.6 Å². The molecule has 0 aliphatic carbocycles. The first kappa shape index (κ1) is 65.5. The molecule has 0 aliphatic heterocycles. The predicted octanol–water partition coefficient (Wildman–Crippen LogP) is 17.6. The van der Waals surface area contributed by atoms with Gasteiger partial charge in [-0.3, -0.25) is 4.79 Å². The van der Waals surface area contributed by atoms with Gasteiger partial charge in [0.1, 0.15) is 46.5 Å². The molecule has 0 atom stereocenters. The molecule has 0 bridgehead atoms. The number of aromatic nitrogens is 8. The number of nitrogens with zero attached hydrogens (tertiary/aromatic N) is 16. The topological polar surface area (TPSA) is 285 Å². The molecule has 0 saturated carbocycles. The molecule has 90 heavy (non-hydrogen) atoms. The van der Waals surface area contributed by atoms with Crippen molar-refractivity contribution in [1.82, 2.24) is 39.7 Å². The van der Waals surface area contributed by atoms with Crippen LogP contribution in [0.25, 0.3) is 10.3 Å². The van der Waals surface area contributed by atoms with Crippen molar-refractivity contribution in [3.05, 3.63) is 161 Å². The number of aliphatic carboxylic acids is 1. The highest BCUT2D eigenvalue weighted by Crippen LogP contribution is 2.43. The largest absolute Gasteiger partial charge is 0.481 e.